The Balaban J connectivity index is 0.000000251. The SMILES string of the molecule is CC(C)Oc1cc(-n2nc(C(C)(C)C)oc2=O)c(Cl)cc1Cl.CCS(=O)(=O)c1nc2ccccn2c1S(=O)(=O)NC(=O)Nc1nc(OC)cc(OC)n1. The first-order valence-corrected chi connectivity index (χ1v) is 19.4. The number of sulfonamides is 1. The summed E-state index contributed by atoms with van der Waals surface area (Å²) in [6.45, 7) is 10.8. The van der Waals surface area contributed by atoms with Crippen LogP contribution in [0.25, 0.3) is 11.3 Å². The Bertz CT molecular complexity index is 2400. The number of halogens is 2. The molecule has 0 aliphatic heterocycles. The van der Waals surface area contributed by atoms with E-state index in [1.165, 1.54) is 51.6 Å². The van der Waals surface area contributed by atoms with Gasteiger partial charge in [0.2, 0.25) is 23.6 Å². The van der Waals surface area contributed by atoms with E-state index in [1.54, 1.807) is 16.9 Å². The largest absolute Gasteiger partial charge is 0.489 e. The first-order valence-electron chi connectivity index (χ1n) is 15.5. The van der Waals surface area contributed by atoms with Crippen molar-refractivity contribution in [1.82, 2.24) is 33.9 Å². The number of fused-ring (bicyclic) bond motifs is 1. The van der Waals surface area contributed by atoms with Crippen LogP contribution >= 0.6 is 23.2 Å². The van der Waals surface area contributed by atoms with Crippen LogP contribution in [0.15, 0.2) is 61.9 Å². The van der Waals surface area contributed by atoms with Crippen molar-refractivity contribution in [2.45, 2.75) is 63.1 Å². The van der Waals surface area contributed by atoms with Gasteiger partial charge in [0.15, 0.2) is 19.9 Å². The number of aromatic nitrogens is 6. The van der Waals surface area contributed by atoms with E-state index in [-0.39, 0.29) is 45.6 Å². The minimum atomic E-state index is -4.68. The zero-order valence-electron chi connectivity index (χ0n) is 29.7. The van der Waals surface area contributed by atoms with Gasteiger partial charge in [-0.15, -0.1) is 5.10 Å². The van der Waals surface area contributed by atoms with Gasteiger partial charge in [0.05, 0.1) is 47.9 Å². The summed E-state index contributed by atoms with van der Waals surface area (Å²) in [5.74, 6) is -0.416. The lowest BCUT2D eigenvalue weighted by Crippen LogP contribution is -2.36. The van der Waals surface area contributed by atoms with Gasteiger partial charge in [-0.3, -0.25) is 9.72 Å². The van der Waals surface area contributed by atoms with Crippen LogP contribution in [0.2, 0.25) is 10.0 Å². The summed E-state index contributed by atoms with van der Waals surface area (Å²) in [6, 6.07) is 7.71. The van der Waals surface area contributed by atoms with Gasteiger partial charge in [-0.1, -0.05) is 57.0 Å². The lowest BCUT2D eigenvalue weighted by atomic mass is 9.97. The molecule has 22 heteroatoms. The quantitative estimate of drug-likeness (QED) is 0.195. The summed E-state index contributed by atoms with van der Waals surface area (Å²) in [4.78, 5) is 36.0. The molecule has 18 nitrogen and oxygen atoms in total. The molecule has 4 aromatic heterocycles. The number of ether oxygens (including phenoxy) is 3. The van der Waals surface area contributed by atoms with Crippen molar-refractivity contribution in [2.24, 2.45) is 0 Å². The number of hydrogen-bond acceptors (Lipinski definition) is 14. The Morgan fingerprint density at radius 1 is 0.981 bits per heavy atom. The number of carbonyl (C=O) groups is 1. The van der Waals surface area contributed by atoms with E-state index >= 15 is 0 Å². The van der Waals surface area contributed by atoms with Crippen LogP contribution < -0.4 is 30.0 Å². The lowest BCUT2D eigenvalue weighted by molar-refractivity contribution is 0.242. The molecule has 2 N–H and O–H groups in total. The number of pyridine rings is 1. The molecule has 4 heterocycles. The van der Waals surface area contributed by atoms with Crippen LogP contribution in [0.1, 0.15) is 47.4 Å². The highest BCUT2D eigenvalue weighted by Gasteiger charge is 2.33. The Labute approximate surface area is 314 Å². The summed E-state index contributed by atoms with van der Waals surface area (Å²) in [7, 11) is -6.04. The molecule has 5 aromatic rings. The number of sulfone groups is 1. The predicted molar refractivity (Wildman–Crippen MR) is 194 cm³/mol. The summed E-state index contributed by atoms with van der Waals surface area (Å²) in [5, 5.41) is 5.66. The smallest absolute Gasteiger partial charge is 0.442 e. The third-order valence-corrected chi connectivity index (χ3v) is 10.4. The number of nitrogens with one attached hydrogen (secondary N) is 2. The monoisotopic (exact) mass is 814 g/mol. The van der Waals surface area contributed by atoms with Gasteiger partial charge < -0.3 is 18.6 Å². The fourth-order valence-electron chi connectivity index (χ4n) is 4.26. The number of urea groups is 1. The Morgan fingerprint density at radius 2 is 1.62 bits per heavy atom. The number of carbonyl (C=O) groups excluding carboxylic acids is 1. The van der Waals surface area contributed by atoms with Crippen LogP contribution in [0.3, 0.4) is 0 Å². The number of imidazole rings is 1. The van der Waals surface area contributed by atoms with Gasteiger partial charge in [0, 0.05) is 17.7 Å². The van der Waals surface area contributed by atoms with Gasteiger partial charge in [-0.2, -0.15) is 23.1 Å². The zero-order valence-corrected chi connectivity index (χ0v) is 32.8. The van der Waals surface area contributed by atoms with E-state index in [0.29, 0.717) is 22.4 Å². The molecule has 0 spiro atoms. The van der Waals surface area contributed by atoms with Gasteiger partial charge in [-0.25, -0.2) is 27.7 Å². The fraction of sp³-hybridized carbons (Fsp3) is 0.355. The molecule has 0 aliphatic carbocycles. The van der Waals surface area contributed by atoms with Crippen LogP contribution in [-0.4, -0.2) is 78.1 Å². The zero-order chi connectivity index (χ0) is 39.5. The van der Waals surface area contributed by atoms with E-state index in [1.807, 2.05) is 34.6 Å². The van der Waals surface area contributed by atoms with E-state index in [2.05, 4.69) is 25.4 Å². The topological polar surface area (TPSA) is 228 Å². The highest BCUT2D eigenvalue weighted by atomic mass is 35.5. The number of methoxy groups -OCH3 is 2. The molecule has 0 atom stereocenters. The molecule has 0 radical (unpaired) electrons. The summed E-state index contributed by atoms with van der Waals surface area (Å²) in [6.07, 6.45) is 1.25. The van der Waals surface area contributed by atoms with Crippen molar-refractivity contribution in [1.29, 1.82) is 0 Å². The average molecular weight is 816 g/mol. The Morgan fingerprint density at radius 3 is 2.17 bits per heavy atom. The van der Waals surface area contributed by atoms with Crippen LogP contribution in [0.5, 0.6) is 17.5 Å². The number of amides is 2. The molecular formula is C31H36Cl2N8O10S2. The molecule has 0 bridgehead atoms. The Kier molecular flexibility index (Phi) is 12.3. The molecule has 1 aromatic carbocycles. The summed E-state index contributed by atoms with van der Waals surface area (Å²) in [5.41, 5.74) is 0.0581. The fourth-order valence-corrected chi connectivity index (χ4v) is 7.43. The standard InChI is InChI=1S/C16H18N6O7S2.C15H18Cl2N2O3/c1-4-30(24,25)13-14(22-8-6-5-7-10(22)17-13)31(26,27)21-16(23)20-15-18-11(28-2)9-12(19-15)29-3;1-8(2)21-12-7-11(9(16)6-10(12)17)19-14(20)22-13(18-19)15(3,4)5/h5-9H,4H2,1-3H3,(H2,18,19,20,21,23);6-8H,1-5H3. The van der Waals surface area contributed by atoms with E-state index in [0.717, 1.165) is 9.08 Å². The second-order valence-corrected chi connectivity index (χ2v) is 16.7. The van der Waals surface area contributed by atoms with E-state index in [4.69, 9.17) is 41.8 Å². The number of benzene rings is 1. The highest BCUT2D eigenvalue weighted by molar-refractivity contribution is 7.93. The van der Waals surface area contributed by atoms with Gasteiger partial charge >= 0.3 is 11.8 Å². The van der Waals surface area contributed by atoms with E-state index < -0.39 is 41.7 Å². The maximum absolute atomic E-state index is 13.0. The normalized spacial score (nSPS) is 11.9. The molecule has 0 aliphatic rings. The predicted octanol–water partition coefficient (Wildman–Crippen LogP) is 4.66. The van der Waals surface area contributed by atoms with Crippen LogP contribution in [0, 0.1) is 0 Å². The van der Waals surface area contributed by atoms with Gasteiger partial charge in [-0.05, 0) is 32.0 Å². The average Bonchev–Trinajstić information content (AvgIpc) is 3.68. The number of nitrogens with zero attached hydrogens (tertiary/aromatic N) is 6. The summed E-state index contributed by atoms with van der Waals surface area (Å²) < 4.78 is 75.4. The number of hydrogen-bond donors (Lipinski definition) is 2. The van der Waals surface area contributed by atoms with Crippen LogP contribution in [0.4, 0.5) is 10.7 Å². The highest BCUT2D eigenvalue weighted by Crippen LogP contribution is 2.33. The van der Waals surface area contributed by atoms with Crippen molar-refractivity contribution in [3.63, 3.8) is 0 Å². The summed E-state index contributed by atoms with van der Waals surface area (Å²) >= 11 is 12.3. The molecule has 286 valence electrons. The van der Waals surface area contributed by atoms with Gasteiger partial charge in [0.1, 0.15) is 11.4 Å². The van der Waals surface area contributed by atoms with Crippen molar-refractivity contribution in [3.05, 3.63) is 69.1 Å². The molecule has 0 fully saturated rings. The third kappa shape index (κ3) is 9.55. The molecule has 0 saturated carbocycles. The first kappa shape index (κ1) is 40.8. The molecule has 0 saturated heterocycles. The second-order valence-electron chi connectivity index (χ2n) is 12.1. The minimum absolute atomic E-state index is 0.0584. The maximum atomic E-state index is 13.0. The van der Waals surface area contributed by atoms with Crippen LogP contribution in [-0.2, 0) is 25.3 Å². The number of anilines is 1. The van der Waals surface area contributed by atoms with Crippen molar-refractivity contribution < 1.29 is 40.3 Å². The molecule has 2 amide bonds. The first-order chi connectivity index (χ1) is 24.7. The van der Waals surface area contributed by atoms with Crippen molar-refractivity contribution in [3.8, 4) is 23.2 Å². The minimum Gasteiger partial charge on any atom is -0.489 e. The molecular weight excluding hydrogens is 779 g/mol. The number of rotatable bonds is 10. The van der Waals surface area contributed by atoms with Crippen molar-refractivity contribution >= 4 is 60.7 Å². The molecule has 5 rings (SSSR count). The Hall–Kier alpha value is -4.92. The van der Waals surface area contributed by atoms with E-state index in [9.17, 15) is 26.4 Å². The maximum Gasteiger partial charge on any atom is 0.442 e. The second kappa shape index (κ2) is 16.0. The lowest BCUT2D eigenvalue weighted by Gasteiger charge is -2.13. The third-order valence-electron chi connectivity index (χ3n) is 6.72. The molecule has 53 heavy (non-hydrogen) atoms. The molecule has 0 unspecified atom stereocenters. The van der Waals surface area contributed by atoms with Gasteiger partial charge in [0.25, 0.3) is 10.0 Å². The van der Waals surface area contributed by atoms with Crippen molar-refractivity contribution in [2.75, 3.05) is 25.3 Å².